The fourth-order valence-corrected chi connectivity index (χ4v) is 1.09. The zero-order valence-electron chi connectivity index (χ0n) is 6.19. The second kappa shape index (κ2) is 6.40. The lowest BCUT2D eigenvalue weighted by Gasteiger charge is -1.92. The average Bonchev–Trinajstić information content (AvgIpc) is 1.87. The molecule has 4 nitrogen and oxygen atoms in total. The quantitative estimate of drug-likeness (QED) is 0.580. The minimum Gasteiger partial charge on any atom is -0.396 e. The van der Waals surface area contributed by atoms with E-state index in [0.29, 0.717) is 12.8 Å². The lowest BCUT2D eigenvalue weighted by atomic mass is 10.2. The summed E-state index contributed by atoms with van der Waals surface area (Å²) in [5.74, 6) is -0.0515. The summed E-state index contributed by atoms with van der Waals surface area (Å²) in [6, 6.07) is 0. The van der Waals surface area contributed by atoms with Crippen molar-refractivity contribution in [1.29, 1.82) is 0 Å². The molecule has 1 unspecified atom stereocenters. The molecule has 0 aromatic heterocycles. The number of Topliss-reactive ketones (excluding diaryl/α,β-unsaturated/α-hetero) is 1. The number of aliphatic hydroxyl groups is 1. The average molecular weight is 179 g/mol. The molecule has 0 spiro atoms. The zero-order chi connectivity index (χ0) is 8.69. The molecule has 0 heterocycles. The van der Waals surface area contributed by atoms with Gasteiger partial charge in [-0.3, -0.25) is 4.79 Å². The van der Waals surface area contributed by atoms with Crippen LogP contribution in [-0.2, 0) is 9.36 Å². The number of aliphatic hydroxyl groups excluding tert-OH is 1. The third-order valence-corrected chi connectivity index (χ3v) is 1.89. The number of hydrogen-bond acceptors (Lipinski definition) is 3. The van der Waals surface area contributed by atoms with Crippen LogP contribution in [0.25, 0.3) is 0 Å². The minimum atomic E-state index is -2.11. The maximum Gasteiger partial charge on any atom is 0.505 e. The van der Waals surface area contributed by atoms with Crippen molar-refractivity contribution >= 4 is 13.8 Å². The van der Waals surface area contributed by atoms with Gasteiger partial charge in [-0.25, -0.2) is 0 Å². The zero-order valence-corrected chi connectivity index (χ0v) is 7.09. The van der Waals surface area contributed by atoms with Crippen molar-refractivity contribution < 1.29 is 19.4 Å². The van der Waals surface area contributed by atoms with E-state index in [2.05, 4.69) is 0 Å². The molecular weight excluding hydrogens is 167 g/mol. The van der Waals surface area contributed by atoms with E-state index in [4.69, 9.17) is 10.00 Å². The molecular formula is C6H12O4P+. The molecule has 0 aliphatic rings. The third kappa shape index (κ3) is 7.59. The molecule has 0 fully saturated rings. The molecule has 0 amide bonds. The maximum atomic E-state index is 10.7. The van der Waals surface area contributed by atoms with Crippen LogP contribution in [0, 0.1) is 0 Å². The molecule has 0 saturated carbocycles. The number of rotatable bonds is 6. The van der Waals surface area contributed by atoms with Crippen LogP contribution in [0.1, 0.15) is 19.3 Å². The van der Waals surface area contributed by atoms with Crippen molar-refractivity contribution in [2.24, 2.45) is 0 Å². The largest absolute Gasteiger partial charge is 0.505 e. The Morgan fingerprint density at radius 1 is 1.36 bits per heavy atom. The monoisotopic (exact) mass is 179 g/mol. The van der Waals surface area contributed by atoms with Crippen molar-refractivity contribution in [3.8, 4) is 0 Å². The number of carbonyl (C=O) groups excluding carboxylic acids is 1. The second-order valence-corrected chi connectivity index (χ2v) is 3.34. The first-order valence-electron chi connectivity index (χ1n) is 3.43. The van der Waals surface area contributed by atoms with Crippen LogP contribution < -0.4 is 0 Å². The molecule has 0 aliphatic carbocycles. The van der Waals surface area contributed by atoms with Gasteiger partial charge in [-0.15, -0.1) is 0 Å². The smallest absolute Gasteiger partial charge is 0.396 e. The van der Waals surface area contributed by atoms with Gasteiger partial charge in [0.2, 0.25) is 0 Å². The van der Waals surface area contributed by atoms with Crippen molar-refractivity contribution in [3.05, 3.63) is 0 Å². The van der Waals surface area contributed by atoms with Crippen LogP contribution in [0.4, 0.5) is 0 Å². The van der Waals surface area contributed by atoms with E-state index in [1.807, 2.05) is 0 Å². The molecule has 1 atom stereocenters. The van der Waals surface area contributed by atoms with E-state index in [9.17, 15) is 9.36 Å². The Hall–Kier alpha value is -0.310. The topological polar surface area (TPSA) is 74.6 Å². The summed E-state index contributed by atoms with van der Waals surface area (Å²) >= 11 is 0. The van der Waals surface area contributed by atoms with E-state index in [1.54, 1.807) is 0 Å². The van der Waals surface area contributed by atoms with Crippen LogP contribution in [0.5, 0.6) is 0 Å². The summed E-state index contributed by atoms with van der Waals surface area (Å²) < 4.78 is 10.1. The van der Waals surface area contributed by atoms with Gasteiger partial charge >= 0.3 is 8.03 Å². The molecule has 11 heavy (non-hydrogen) atoms. The van der Waals surface area contributed by atoms with E-state index in [-0.39, 0.29) is 25.0 Å². The van der Waals surface area contributed by atoms with Crippen molar-refractivity contribution in [1.82, 2.24) is 0 Å². The predicted octanol–water partition coefficient (Wildman–Crippen LogP) is 0.453. The lowest BCUT2D eigenvalue weighted by molar-refractivity contribution is -0.119. The first-order valence-corrected chi connectivity index (χ1v) is 4.82. The van der Waals surface area contributed by atoms with E-state index < -0.39 is 8.03 Å². The van der Waals surface area contributed by atoms with Gasteiger partial charge in [0.05, 0.1) is 0 Å². The molecule has 0 bridgehead atoms. The Labute approximate surface area is 66.1 Å². The predicted molar refractivity (Wildman–Crippen MR) is 40.6 cm³/mol. The maximum absolute atomic E-state index is 10.7. The van der Waals surface area contributed by atoms with Crippen molar-refractivity contribution in [3.63, 3.8) is 0 Å². The normalized spacial score (nSPS) is 11.3. The van der Waals surface area contributed by atoms with Gasteiger partial charge in [0.15, 0.2) is 6.16 Å². The van der Waals surface area contributed by atoms with Gasteiger partial charge in [0.1, 0.15) is 5.78 Å². The summed E-state index contributed by atoms with van der Waals surface area (Å²) in [5.41, 5.74) is 0. The highest BCUT2D eigenvalue weighted by molar-refractivity contribution is 7.37. The fourth-order valence-electron chi connectivity index (χ4n) is 0.661. The summed E-state index contributed by atoms with van der Waals surface area (Å²) in [6.45, 7) is -0.135. The van der Waals surface area contributed by atoms with Gasteiger partial charge in [-0.1, -0.05) is 0 Å². The number of carbonyl (C=O) groups is 1. The van der Waals surface area contributed by atoms with Gasteiger partial charge in [0, 0.05) is 25.9 Å². The highest BCUT2D eigenvalue weighted by Crippen LogP contribution is 2.15. The van der Waals surface area contributed by atoms with Crippen LogP contribution in [0.15, 0.2) is 0 Å². The van der Waals surface area contributed by atoms with Crippen LogP contribution in [0.3, 0.4) is 0 Å². The first kappa shape index (κ1) is 10.7. The van der Waals surface area contributed by atoms with Crippen LogP contribution >= 0.6 is 8.03 Å². The Balaban J connectivity index is 3.24. The Morgan fingerprint density at radius 3 is 2.45 bits per heavy atom. The van der Waals surface area contributed by atoms with Gasteiger partial charge in [-0.2, -0.15) is 4.89 Å². The molecule has 64 valence electrons. The Kier molecular flexibility index (Phi) is 6.22. The van der Waals surface area contributed by atoms with Crippen molar-refractivity contribution in [2.45, 2.75) is 19.3 Å². The van der Waals surface area contributed by atoms with E-state index >= 15 is 0 Å². The van der Waals surface area contributed by atoms with E-state index in [0.717, 1.165) is 0 Å². The van der Waals surface area contributed by atoms with Gasteiger partial charge in [-0.05, 0) is 4.57 Å². The summed E-state index contributed by atoms with van der Waals surface area (Å²) in [4.78, 5) is 19.0. The second-order valence-electron chi connectivity index (χ2n) is 2.19. The lowest BCUT2D eigenvalue weighted by Crippen LogP contribution is -2.00. The number of ketones is 1. The minimum absolute atomic E-state index is 0.0515. The Bertz CT molecular complexity index is 146. The standard InChI is InChI=1S/C6H11O4P/c7-4-3-6(8)2-1-5-11(9)10/h7H,1-5H2/p+1. The molecule has 0 saturated heterocycles. The van der Waals surface area contributed by atoms with Crippen molar-refractivity contribution in [2.75, 3.05) is 12.8 Å². The third-order valence-electron chi connectivity index (χ3n) is 1.20. The summed E-state index contributed by atoms with van der Waals surface area (Å²) in [7, 11) is -2.11. The fraction of sp³-hybridized carbons (Fsp3) is 0.833. The molecule has 0 rings (SSSR count). The molecule has 0 radical (unpaired) electrons. The summed E-state index contributed by atoms with van der Waals surface area (Å²) in [6.07, 6.45) is 1.06. The molecule has 5 heteroatoms. The Morgan fingerprint density at radius 2 is 2.00 bits per heavy atom. The number of hydrogen-bond donors (Lipinski definition) is 2. The van der Waals surface area contributed by atoms with Crippen LogP contribution in [0.2, 0.25) is 0 Å². The molecule has 0 aromatic carbocycles. The molecule has 0 aliphatic heterocycles. The highest BCUT2D eigenvalue weighted by atomic mass is 31.1. The summed E-state index contributed by atoms with van der Waals surface area (Å²) in [5, 5.41) is 8.32. The molecule has 0 aromatic rings. The SMILES string of the molecule is O=C(CCO)CCC[P+](=O)O. The van der Waals surface area contributed by atoms with Crippen LogP contribution in [-0.4, -0.2) is 28.6 Å². The first-order chi connectivity index (χ1) is 5.16. The van der Waals surface area contributed by atoms with E-state index in [1.165, 1.54) is 0 Å². The van der Waals surface area contributed by atoms with Gasteiger partial charge in [0.25, 0.3) is 0 Å². The highest BCUT2D eigenvalue weighted by Gasteiger charge is 2.10. The van der Waals surface area contributed by atoms with Gasteiger partial charge < -0.3 is 5.11 Å². The molecule has 2 N–H and O–H groups in total.